The number of aromatic nitrogens is 2. The van der Waals surface area contributed by atoms with Gasteiger partial charge in [-0.1, -0.05) is 11.6 Å². The molecule has 0 saturated carbocycles. The largest absolute Gasteiger partial charge is 0.478 e. The van der Waals surface area contributed by atoms with Gasteiger partial charge in [-0.3, -0.25) is 0 Å². The summed E-state index contributed by atoms with van der Waals surface area (Å²) in [5.41, 5.74) is 1.34. The molecular weight excluding hydrogens is 382 g/mol. The number of anilines is 4. The maximum Gasteiger partial charge on any atom is 0.335 e. The van der Waals surface area contributed by atoms with Crippen LogP contribution >= 0.6 is 24.0 Å². The molecule has 0 atom stereocenters. The lowest BCUT2D eigenvalue weighted by atomic mass is 10.2. The Morgan fingerprint density at radius 2 is 1.81 bits per heavy atom. The predicted molar refractivity (Wildman–Crippen MR) is 101 cm³/mol. The van der Waals surface area contributed by atoms with Crippen molar-refractivity contribution in [1.29, 1.82) is 0 Å². The molecule has 0 radical (unpaired) electrons. The molecule has 0 saturated heterocycles. The van der Waals surface area contributed by atoms with E-state index >= 15 is 0 Å². The van der Waals surface area contributed by atoms with E-state index in [0.717, 1.165) is 0 Å². The van der Waals surface area contributed by atoms with Crippen molar-refractivity contribution in [3.63, 3.8) is 0 Å². The highest BCUT2D eigenvalue weighted by Gasteiger charge is 2.06. The van der Waals surface area contributed by atoms with E-state index in [1.54, 1.807) is 24.4 Å². The van der Waals surface area contributed by atoms with Gasteiger partial charge in [-0.15, -0.1) is 12.4 Å². The van der Waals surface area contributed by atoms with Crippen LogP contribution in [0.1, 0.15) is 10.4 Å². The van der Waals surface area contributed by atoms with Gasteiger partial charge < -0.3 is 15.7 Å². The van der Waals surface area contributed by atoms with Gasteiger partial charge in [-0.25, -0.2) is 14.2 Å². The first kappa shape index (κ1) is 19.4. The Bertz CT molecular complexity index is 923. The first-order valence-corrected chi connectivity index (χ1v) is 7.54. The number of aromatic carboxylic acids is 1. The highest BCUT2D eigenvalue weighted by Crippen LogP contribution is 2.25. The lowest BCUT2D eigenvalue weighted by Crippen LogP contribution is -2.01. The molecule has 0 aliphatic rings. The third kappa shape index (κ3) is 4.81. The number of rotatable bonds is 5. The van der Waals surface area contributed by atoms with Crippen LogP contribution in [0.3, 0.4) is 0 Å². The van der Waals surface area contributed by atoms with Crippen LogP contribution in [0.25, 0.3) is 0 Å². The Morgan fingerprint density at radius 1 is 1.08 bits per heavy atom. The van der Waals surface area contributed by atoms with Gasteiger partial charge in [0.25, 0.3) is 0 Å². The zero-order valence-electron chi connectivity index (χ0n) is 13.1. The second-order valence-electron chi connectivity index (χ2n) is 5.02. The van der Waals surface area contributed by atoms with Crippen molar-refractivity contribution in [3.05, 3.63) is 71.1 Å². The van der Waals surface area contributed by atoms with Gasteiger partial charge in [0.15, 0.2) is 0 Å². The third-order valence-corrected chi connectivity index (χ3v) is 3.55. The fourth-order valence-electron chi connectivity index (χ4n) is 2.04. The number of benzene rings is 2. The molecule has 3 aromatic rings. The van der Waals surface area contributed by atoms with E-state index in [4.69, 9.17) is 16.7 Å². The molecule has 3 rings (SSSR count). The van der Waals surface area contributed by atoms with Crippen molar-refractivity contribution in [2.45, 2.75) is 0 Å². The molecule has 0 aliphatic heterocycles. The molecule has 0 aliphatic carbocycles. The van der Waals surface area contributed by atoms with E-state index < -0.39 is 11.8 Å². The Labute approximate surface area is 159 Å². The quantitative estimate of drug-likeness (QED) is 0.571. The minimum Gasteiger partial charge on any atom is -0.478 e. The number of hydrogen-bond acceptors (Lipinski definition) is 5. The van der Waals surface area contributed by atoms with Crippen molar-refractivity contribution in [1.82, 2.24) is 9.97 Å². The molecule has 0 unspecified atom stereocenters. The summed E-state index contributed by atoms with van der Waals surface area (Å²) < 4.78 is 13.1. The molecule has 0 fully saturated rings. The number of halogens is 3. The summed E-state index contributed by atoms with van der Waals surface area (Å²) in [5.74, 6) is -0.643. The number of carboxylic acids is 1. The van der Waals surface area contributed by atoms with Crippen LogP contribution in [-0.4, -0.2) is 21.0 Å². The summed E-state index contributed by atoms with van der Waals surface area (Å²) in [4.78, 5) is 19.2. The Morgan fingerprint density at radius 3 is 2.46 bits per heavy atom. The van der Waals surface area contributed by atoms with Crippen LogP contribution in [0.15, 0.2) is 54.7 Å². The number of carboxylic acid groups (broad SMARTS) is 1. The standard InChI is InChI=1S/C17H12ClFN4O2.ClH/c18-13-9-11(19)3-6-14(13)22-15-7-8-20-17(23-15)21-12-4-1-10(2-5-12)16(24)25;/h1-9H,(H,24,25)(H2,20,21,22,23);1H. The molecule has 26 heavy (non-hydrogen) atoms. The zero-order valence-corrected chi connectivity index (χ0v) is 14.7. The number of hydrogen-bond donors (Lipinski definition) is 3. The Kier molecular flexibility index (Phi) is 6.32. The van der Waals surface area contributed by atoms with Gasteiger partial charge in [0.2, 0.25) is 5.95 Å². The van der Waals surface area contributed by atoms with Crippen LogP contribution in [0.4, 0.5) is 27.5 Å². The summed E-state index contributed by atoms with van der Waals surface area (Å²) >= 11 is 5.98. The van der Waals surface area contributed by atoms with Crippen LogP contribution in [0.2, 0.25) is 5.02 Å². The minimum absolute atomic E-state index is 0. The van der Waals surface area contributed by atoms with Crippen LogP contribution in [0.5, 0.6) is 0 Å². The summed E-state index contributed by atoms with van der Waals surface area (Å²) in [5, 5.41) is 15.1. The van der Waals surface area contributed by atoms with E-state index in [0.29, 0.717) is 23.1 Å². The monoisotopic (exact) mass is 394 g/mol. The van der Waals surface area contributed by atoms with Crippen molar-refractivity contribution in [2.75, 3.05) is 10.6 Å². The fourth-order valence-corrected chi connectivity index (χ4v) is 2.26. The maximum absolute atomic E-state index is 13.1. The van der Waals surface area contributed by atoms with E-state index in [-0.39, 0.29) is 23.0 Å². The van der Waals surface area contributed by atoms with E-state index in [1.165, 1.54) is 30.3 Å². The van der Waals surface area contributed by atoms with E-state index in [1.807, 2.05) is 0 Å². The van der Waals surface area contributed by atoms with Crippen LogP contribution in [0, 0.1) is 5.82 Å². The molecule has 6 nitrogen and oxygen atoms in total. The van der Waals surface area contributed by atoms with Gasteiger partial charge in [0.1, 0.15) is 11.6 Å². The highest BCUT2D eigenvalue weighted by molar-refractivity contribution is 6.33. The average Bonchev–Trinajstić information content (AvgIpc) is 2.58. The Balaban J connectivity index is 0.00000243. The molecule has 9 heteroatoms. The molecule has 0 amide bonds. The summed E-state index contributed by atoms with van der Waals surface area (Å²) in [6.07, 6.45) is 1.54. The van der Waals surface area contributed by atoms with Crippen molar-refractivity contribution in [3.8, 4) is 0 Å². The lowest BCUT2D eigenvalue weighted by molar-refractivity contribution is 0.0697. The SMILES string of the molecule is Cl.O=C(O)c1ccc(Nc2nccc(Nc3ccc(F)cc3Cl)n2)cc1. The molecule has 1 aromatic heterocycles. The highest BCUT2D eigenvalue weighted by atomic mass is 35.5. The van der Waals surface area contributed by atoms with Gasteiger partial charge >= 0.3 is 5.97 Å². The molecule has 3 N–H and O–H groups in total. The van der Waals surface area contributed by atoms with Crippen LogP contribution < -0.4 is 10.6 Å². The predicted octanol–water partition coefficient (Wildman–Crippen LogP) is 4.88. The van der Waals surface area contributed by atoms with Crippen molar-refractivity contribution < 1.29 is 14.3 Å². The lowest BCUT2D eigenvalue weighted by Gasteiger charge is -2.10. The average molecular weight is 395 g/mol. The van der Waals surface area contributed by atoms with Gasteiger partial charge in [0.05, 0.1) is 16.3 Å². The third-order valence-electron chi connectivity index (χ3n) is 3.24. The topological polar surface area (TPSA) is 87.1 Å². The fraction of sp³-hybridized carbons (Fsp3) is 0. The maximum atomic E-state index is 13.1. The smallest absolute Gasteiger partial charge is 0.335 e. The number of nitrogens with one attached hydrogen (secondary N) is 2. The first-order valence-electron chi connectivity index (χ1n) is 7.17. The number of nitrogens with zero attached hydrogens (tertiary/aromatic N) is 2. The molecule has 0 spiro atoms. The number of carbonyl (C=O) groups is 1. The molecule has 0 bridgehead atoms. The summed E-state index contributed by atoms with van der Waals surface area (Å²) in [6.45, 7) is 0. The second-order valence-corrected chi connectivity index (χ2v) is 5.43. The van der Waals surface area contributed by atoms with Gasteiger partial charge in [-0.05, 0) is 48.5 Å². The van der Waals surface area contributed by atoms with Crippen molar-refractivity contribution >= 4 is 53.1 Å². The van der Waals surface area contributed by atoms with Crippen LogP contribution in [-0.2, 0) is 0 Å². The van der Waals surface area contributed by atoms with E-state index in [9.17, 15) is 9.18 Å². The van der Waals surface area contributed by atoms with Gasteiger partial charge in [0, 0.05) is 11.9 Å². The minimum atomic E-state index is -0.995. The second kappa shape index (κ2) is 8.46. The molecule has 2 aromatic carbocycles. The van der Waals surface area contributed by atoms with Gasteiger partial charge in [-0.2, -0.15) is 4.98 Å². The van der Waals surface area contributed by atoms with E-state index in [2.05, 4.69) is 20.6 Å². The Hall–Kier alpha value is -2.90. The molecular formula is C17H13Cl2FN4O2. The summed E-state index contributed by atoms with van der Waals surface area (Å²) in [6, 6.07) is 11.8. The molecule has 1 heterocycles. The summed E-state index contributed by atoms with van der Waals surface area (Å²) in [7, 11) is 0. The zero-order chi connectivity index (χ0) is 17.8. The first-order chi connectivity index (χ1) is 12.0. The normalized spacial score (nSPS) is 9.92. The molecule has 134 valence electrons. The van der Waals surface area contributed by atoms with Crippen molar-refractivity contribution in [2.24, 2.45) is 0 Å².